The van der Waals surface area contributed by atoms with Gasteiger partial charge in [0.05, 0.1) is 25.4 Å². The van der Waals surface area contributed by atoms with Gasteiger partial charge in [0.25, 0.3) is 0 Å². The molecule has 312 valence electrons. The molecule has 6 fully saturated rings. The Balaban J connectivity index is 1.20. The zero-order valence-electron chi connectivity index (χ0n) is 31.9. The summed E-state index contributed by atoms with van der Waals surface area (Å²) in [7, 11) is 0. The topological polar surface area (TPSA) is 255 Å². The Kier molecular flexibility index (Phi) is 12.1. The first-order valence-corrected chi connectivity index (χ1v) is 19.9. The van der Waals surface area contributed by atoms with Gasteiger partial charge < -0.3 is 74.4 Å². The molecule has 3 aliphatic heterocycles. The van der Waals surface area contributed by atoms with Gasteiger partial charge in [-0.05, 0) is 92.6 Å². The fourth-order valence-corrected chi connectivity index (χ4v) is 11.3. The van der Waals surface area contributed by atoms with Gasteiger partial charge in [0, 0.05) is 6.42 Å². The lowest BCUT2D eigenvalue weighted by molar-refractivity contribution is -0.393. The van der Waals surface area contributed by atoms with Crippen LogP contribution < -0.4 is 0 Å². The summed E-state index contributed by atoms with van der Waals surface area (Å²) in [4.78, 5) is 12.4. The maximum atomic E-state index is 12.4. The zero-order chi connectivity index (χ0) is 39.7. The van der Waals surface area contributed by atoms with E-state index in [9.17, 15) is 50.8 Å². The van der Waals surface area contributed by atoms with Crippen LogP contribution in [0.15, 0.2) is 23.3 Å². The van der Waals surface area contributed by atoms with E-state index in [0.29, 0.717) is 24.7 Å². The maximum absolute atomic E-state index is 12.4. The number of aliphatic hydroxyl groups is 9. The van der Waals surface area contributed by atoms with Gasteiger partial charge >= 0.3 is 0 Å². The van der Waals surface area contributed by atoms with Crippen molar-refractivity contribution in [1.82, 2.24) is 0 Å². The zero-order valence-corrected chi connectivity index (χ0v) is 31.9. The third kappa shape index (κ3) is 7.10. The standard InChI is InChI=1S/C39H60O16/c1-5-20-23(13-22-19-7-6-17-12-18(42)8-10-38(17,3)21(19)9-11-39(20,22)4)51-37-34(55-35-31(48)29(46)26(43)16(2)50-35)33(28(45)25(15-41)53-37)54-36-32(49)30(47)27(44)24(14-40)52-36/h5,12,16,19,21-37,40-41,43-49H,6-11,13-15H2,1-4H3/b20-5+/t16-,19+,21-,22-,23-,24+,25+,26-,27+,28+,29+,30-,31+,32+,33-,34+,35+,36-,37+,38-,39+/m0/s1. The predicted octanol–water partition coefficient (Wildman–Crippen LogP) is -1.06. The van der Waals surface area contributed by atoms with Crippen LogP contribution in [0.5, 0.6) is 0 Å². The Bertz CT molecular complexity index is 1460. The molecule has 3 saturated carbocycles. The molecule has 0 aromatic heterocycles. The maximum Gasteiger partial charge on any atom is 0.187 e. The van der Waals surface area contributed by atoms with E-state index in [-0.39, 0.29) is 22.5 Å². The van der Waals surface area contributed by atoms with Gasteiger partial charge in [0.1, 0.15) is 67.1 Å². The Labute approximate surface area is 320 Å². The number of hydrogen-bond acceptors (Lipinski definition) is 16. The fraction of sp³-hybridized carbons (Fsp3) is 0.872. The number of aliphatic hydroxyl groups excluding tert-OH is 9. The molecule has 7 rings (SSSR count). The predicted molar refractivity (Wildman–Crippen MR) is 188 cm³/mol. The van der Waals surface area contributed by atoms with Crippen molar-refractivity contribution >= 4 is 5.78 Å². The highest BCUT2D eigenvalue weighted by Gasteiger charge is 2.61. The molecule has 16 heteroatoms. The third-order valence-corrected chi connectivity index (χ3v) is 14.5. The fourth-order valence-electron chi connectivity index (χ4n) is 11.3. The highest BCUT2D eigenvalue weighted by Crippen LogP contribution is 2.67. The van der Waals surface area contributed by atoms with Crippen molar-refractivity contribution in [3.8, 4) is 0 Å². The minimum atomic E-state index is -1.86. The van der Waals surface area contributed by atoms with Crippen LogP contribution in [0.3, 0.4) is 0 Å². The van der Waals surface area contributed by atoms with Crippen molar-refractivity contribution < 1.29 is 79.2 Å². The Morgan fingerprint density at radius 2 is 1.33 bits per heavy atom. The van der Waals surface area contributed by atoms with E-state index < -0.39 is 111 Å². The molecule has 0 amide bonds. The van der Waals surface area contributed by atoms with Crippen molar-refractivity contribution in [2.75, 3.05) is 13.2 Å². The van der Waals surface area contributed by atoms with Gasteiger partial charge in [0.15, 0.2) is 24.7 Å². The molecule has 3 heterocycles. The normalized spacial score (nSPS) is 53.7. The first-order valence-electron chi connectivity index (χ1n) is 19.9. The first-order chi connectivity index (χ1) is 26.1. The van der Waals surface area contributed by atoms with Gasteiger partial charge in [-0.25, -0.2) is 0 Å². The highest BCUT2D eigenvalue weighted by molar-refractivity contribution is 5.91. The molecule has 0 radical (unpaired) electrons. The van der Waals surface area contributed by atoms with E-state index in [1.807, 2.05) is 13.0 Å². The molecule has 3 saturated heterocycles. The molecule has 7 aliphatic rings. The SMILES string of the molecule is C/C=C1\[C@@H](O[C@@H]2O[C@H](CO)[C@@H](O)[C@H](O[C@@H]3O[C@H](CO)[C@@H](O)[C@H](O)[C@H]3O)[C@H]2O[C@H]2O[C@@H](C)[C@H](O)[C@@H](O)[C@H]2O)C[C@H]2[C@@H]3CCC4=CC(=O)CC[C@]4(C)[C@H]3CC[C@]12C. The van der Waals surface area contributed by atoms with E-state index >= 15 is 0 Å². The van der Waals surface area contributed by atoms with Crippen LogP contribution in [0, 0.1) is 28.6 Å². The molecule has 16 nitrogen and oxygen atoms in total. The second kappa shape index (κ2) is 16.0. The van der Waals surface area contributed by atoms with Crippen LogP contribution in [0.4, 0.5) is 0 Å². The van der Waals surface area contributed by atoms with E-state index in [4.69, 9.17) is 28.4 Å². The number of ether oxygens (including phenoxy) is 6. The summed E-state index contributed by atoms with van der Waals surface area (Å²) in [5, 5.41) is 95.6. The second-order valence-corrected chi connectivity index (χ2v) is 17.3. The van der Waals surface area contributed by atoms with E-state index in [2.05, 4.69) is 19.9 Å². The lowest BCUT2D eigenvalue weighted by atomic mass is 9.47. The highest BCUT2D eigenvalue weighted by atomic mass is 16.8. The van der Waals surface area contributed by atoms with Crippen molar-refractivity contribution in [3.05, 3.63) is 23.3 Å². The summed E-state index contributed by atoms with van der Waals surface area (Å²) in [6.45, 7) is 6.58. The van der Waals surface area contributed by atoms with Gasteiger partial charge in [-0.3, -0.25) is 4.79 Å². The minimum Gasteiger partial charge on any atom is -0.394 e. The number of rotatable bonds is 8. The molecule has 55 heavy (non-hydrogen) atoms. The number of carbonyl (C=O) groups is 1. The molecule has 0 aromatic rings. The van der Waals surface area contributed by atoms with Crippen molar-refractivity contribution in [2.24, 2.45) is 28.6 Å². The van der Waals surface area contributed by atoms with E-state index in [0.717, 1.165) is 37.7 Å². The van der Waals surface area contributed by atoms with Gasteiger partial charge in [-0.1, -0.05) is 25.5 Å². The lowest BCUT2D eigenvalue weighted by Gasteiger charge is -2.57. The summed E-state index contributed by atoms with van der Waals surface area (Å²) in [5.41, 5.74) is 2.05. The monoisotopic (exact) mass is 784 g/mol. The molecule has 0 unspecified atom stereocenters. The molecular formula is C39H60O16. The van der Waals surface area contributed by atoms with Crippen molar-refractivity contribution in [3.63, 3.8) is 0 Å². The van der Waals surface area contributed by atoms with Crippen LogP contribution in [0.2, 0.25) is 0 Å². The van der Waals surface area contributed by atoms with E-state index in [1.54, 1.807) is 0 Å². The number of hydrogen-bond donors (Lipinski definition) is 9. The number of allylic oxidation sites excluding steroid dienone is 2. The molecule has 9 N–H and O–H groups in total. The van der Waals surface area contributed by atoms with Gasteiger partial charge in [-0.2, -0.15) is 0 Å². The summed E-state index contributed by atoms with van der Waals surface area (Å²) in [6.07, 6.45) is -14.3. The van der Waals surface area contributed by atoms with Crippen molar-refractivity contribution in [1.29, 1.82) is 0 Å². The smallest absolute Gasteiger partial charge is 0.187 e. The summed E-state index contributed by atoms with van der Waals surface area (Å²) < 4.78 is 36.8. The van der Waals surface area contributed by atoms with Crippen LogP contribution >= 0.6 is 0 Å². The van der Waals surface area contributed by atoms with Crippen LogP contribution in [0.1, 0.15) is 72.6 Å². The molecule has 4 aliphatic carbocycles. The van der Waals surface area contributed by atoms with Gasteiger partial charge in [-0.15, -0.1) is 0 Å². The molecule has 21 atom stereocenters. The molecule has 0 bridgehead atoms. The van der Waals surface area contributed by atoms with Crippen LogP contribution in [-0.4, -0.2) is 163 Å². The second-order valence-electron chi connectivity index (χ2n) is 17.3. The summed E-state index contributed by atoms with van der Waals surface area (Å²) in [6, 6.07) is 0. The van der Waals surface area contributed by atoms with Crippen LogP contribution in [0.25, 0.3) is 0 Å². The Morgan fingerprint density at radius 3 is 2.00 bits per heavy atom. The quantitative estimate of drug-likeness (QED) is 0.133. The number of fused-ring (bicyclic) bond motifs is 5. The summed E-state index contributed by atoms with van der Waals surface area (Å²) in [5.74, 6) is 1.19. The van der Waals surface area contributed by atoms with E-state index in [1.165, 1.54) is 12.5 Å². The Hall–Kier alpha value is -1.45. The molecular weight excluding hydrogens is 724 g/mol. The number of ketones is 1. The average Bonchev–Trinajstić information content (AvgIpc) is 3.45. The number of carbonyl (C=O) groups excluding carboxylic acids is 1. The minimum absolute atomic E-state index is 0.0474. The lowest BCUT2D eigenvalue weighted by Crippen LogP contribution is -2.67. The first kappa shape index (κ1) is 41.7. The Morgan fingerprint density at radius 1 is 0.709 bits per heavy atom. The molecule has 0 aromatic carbocycles. The largest absolute Gasteiger partial charge is 0.394 e. The van der Waals surface area contributed by atoms with Gasteiger partial charge in [0.2, 0.25) is 0 Å². The third-order valence-electron chi connectivity index (χ3n) is 14.5. The average molecular weight is 785 g/mol. The summed E-state index contributed by atoms with van der Waals surface area (Å²) >= 11 is 0. The van der Waals surface area contributed by atoms with Crippen LogP contribution in [-0.2, 0) is 33.2 Å². The molecule has 0 spiro atoms. The van der Waals surface area contributed by atoms with Crippen molar-refractivity contribution in [2.45, 2.75) is 171 Å².